The summed E-state index contributed by atoms with van der Waals surface area (Å²) in [6.07, 6.45) is 0.0184. The first-order valence-electron chi connectivity index (χ1n) is 4.27. The first kappa shape index (κ1) is 6.77. The van der Waals surface area contributed by atoms with Crippen LogP contribution in [0.1, 0.15) is 11.6 Å². The largest absolute Gasteiger partial charge is 0.363 e. The minimum absolute atomic E-state index is 0.0184. The molecule has 1 fully saturated rings. The Morgan fingerprint density at radius 1 is 1.08 bits per heavy atom. The van der Waals surface area contributed by atoms with Gasteiger partial charge in [-0.3, -0.25) is 0 Å². The van der Waals surface area contributed by atoms with Crippen LogP contribution in [0, 0.1) is 0 Å². The number of benzene rings is 1. The summed E-state index contributed by atoms with van der Waals surface area (Å²) in [5.74, 6) is 0. The fraction of sp³-hybridized carbons (Fsp3) is 0.222. The van der Waals surface area contributed by atoms with Crippen LogP contribution in [-0.2, 0) is 0 Å². The molecule has 4 heteroatoms. The van der Waals surface area contributed by atoms with Crippen molar-refractivity contribution in [1.29, 1.82) is 0 Å². The number of hydrogen-bond donors (Lipinski definition) is 3. The van der Waals surface area contributed by atoms with Gasteiger partial charge in [-0.05, 0) is 6.07 Å². The molecule has 0 saturated carbocycles. The molecule has 66 valence electrons. The zero-order chi connectivity index (χ0) is 8.84. The third kappa shape index (κ3) is 0.824. The van der Waals surface area contributed by atoms with Crippen molar-refractivity contribution in [3.8, 4) is 0 Å². The number of carbonyl (C=O) groups is 1. The summed E-state index contributed by atoms with van der Waals surface area (Å²) in [6.45, 7) is 0. The third-order valence-corrected chi connectivity index (χ3v) is 2.51. The predicted molar refractivity (Wildman–Crippen MR) is 48.3 cm³/mol. The zero-order valence-electron chi connectivity index (χ0n) is 6.87. The third-order valence-electron chi connectivity index (χ3n) is 2.51. The topological polar surface area (TPSA) is 53.2 Å². The fourth-order valence-electron chi connectivity index (χ4n) is 1.93. The zero-order valence-corrected chi connectivity index (χ0v) is 6.87. The number of para-hydroxylation sites is 1. The van der Waals surface area contributed by atoms with E-state index in [0.29, 0.717) is 0 Å². The second-order valence-corrected chi connectivity index (χ2v) is 3.30. The predicted octanol–water partition coefficient (Wildman–Crippen LogP) is 0.792. The second kappa shape index (κ2) is 2.16. The summed E-state index contributed by atoms with van der Waals surface area (Å²) in [5, 5.41) is 8.89. The maximum atomic E-state index is 11.0. The number of rotatable bonds is 0. The SMILES string of the molecule is O=C1NC2Nc3ccccc3C2N1. The van der Waals surface area contributed by atoms with Crippen molar-refractivity contribution in [1.82, 2.24) is 10.6 Å². The van der Waals surface area contributed by atoms with Gasteiger partial charge in [-0.2, -0.15) is 0 Å². The molecule has 1 saturated heterocycles. The van der Waals surface area contributed by atoms with Crippen LogP contribution in [0.15, 0.2) is 24.3 Å². The number of fused-ring (bicyclic) bond motifs is 3. The normalized spacial score (nSPS) is 28.5. The van der Waals surface area contributed by atoms with Gasteiger partial charge in [-0.15, -0.1) is 0 Å². The van der Waals surface area contributed by atoms with Gasteiger partial charge in [0.25, 0.3) is 0 Å². The van der Waals surface area contributed by atoms with Crippen molar-refractivity contribution in [3.05, 3.63) is 29.8 Å². The van der Waals surface area contributed by atoms with E-state index in [-0.39, 0.29) is 18.2 Å². The Morgan fingerprint density at radius 2 is 1.92 bits per heavy atom. The highest BCUT2D eigenvalue weighted by atomic mass is 16.2. The van der Waals surface area contributed by atoms with Gasteiger partial charge in [-0.25, -0.2) is 4.79 Å². The van der Waals surface area contributed by atoms with Gasteiger partial charge >= 0.3 is 6.03 Å². The van der Waals surface area contributed by atoms with Crippen LogP contribution in [0.2, 0.25) is 0 Å². The lowest BCUT2D eigenvalue weighted by Crippen LogP contribution is -2.31. The Morgan fingerprint density at radius 3 is 2.85 bits per heavy atom. The Labute approximate surface area is 75.3 Å². The molecule has 1 aromatic rings. The van der Waals surface area contributed by atoms with E-state index in [2.05, 4.69) is 16.0 Å². The molecule has 3 N–H and O–H groups in total. The van der Waals surface area contributed by atoms with E-state index < -0.39 is 0 Å². The van der Waals surface area contributed by atoms with E-state index in [4.69, 9.17) is 0 Å². The molecule has 2 amide bonds. The monoisotopic (exact) mass is 175 g/mol. The van der Waals surface area contributed by atoms with Crippen LogP contribution in [0.5, 0.6) is 0 Å². The molecule has 0 aromatic heterocycles. The Hall–Kier alpha value is -1.71. The number of nitrogens with one attached hydrogen (secondary N) is 3. The summed E-state index contributed by atoms with van der Waals surface area (Å²) < 4.78 is 0. The molecular formula is C9H9N3O. The van der Waals surface area contributed by atoms with Gasteiger partial charge < -0.3 is 16.0 Å². The van der Waals surface area contributed by atoms with E-state index in [1.807, 2.05) is 24.3 Å². The maximum absolute atomic E-state index is 11.0. The van der Waals surface area contributed by atoms with Gasteiger partial charge in [-0.1, -0.05) is 18.2 Å². The van der Waals surface area contributed by atoms with Gasteiger partial charge in [0.15, 0.2) is 0 Å². The molecule has 0 spiro atoms. The molecule has 13 heavy (non-hydrogen) atoms. The highest BCUT2D eigenvalue weighted by Crippen LogP contribution is 2.34. The van der Waals surface area contributed by atoms with Crippen molar-refractivity contribution < 1.29 is 4.79 Å². The van der Waals surface area contributed by atoms with Crippen molar-refractivity contribution in [2.24, 2.45) is 0 Å². The van der Waals surface area contributed by atoms with Crippen LogP contribution in [0.4, 0.5) is 10.5 Å². The number of anilines is 1. The lowest BCUT2D eigenvalue weighted by Gasteiger charge is -2.06. The molecular weight excluding hydrogens is 166 g/mol. The minimum Gasteiger partial charge on any atom is -0.363 e. The van der Waals surface area contributed by atoms with Crippen molar-refractivity contribution in [2.45, 2.75) is 12.2 Å². The number of carbonyl (C=O) groups excluding carboxylic acids is 1. The van der Waals surface area contributed by atoms with E-state index in [9.17, 15) is 4.79 Å². The number of amides is 2. The lowest BCUT2D eigenvalue weighted by atomic mass is 10.1. The average molecular weight is 175 g/mol. The first-order valence-corrected chi connectivity index (χ1v) is 4.27. The Kier molecular flexibility index (Phi) is 1.12. The standard InChI is InChI=1S/C9H9N3O/c13-9-11-7-5-3-1-2-4-6(5)10-8(7)12-9/h1-4,7-8,10H,(H2,11,12,13). The van der Waals surface area contributed by atoms with Gasteiger partial charge in [0.05, 0.1) is 6.04 Å². The van der Waals surface area contributed by atoms with Gasteiger partial charge in [0.2, 0.25) is 0 Å². The van der Waals surface area contributed by atoms with E-state index >= 15 is 0 Å². The molecule has 2 aliphatic rings. The van der Waals surface area contributed by atoms with Crippen LogP contribution >= 0.6 is 0 Å². The minimum atomic E-state index is -0.1000. The molecule has 3 rings (SSSR count). The summed E-state index contributed by atoms with van der Waals surface area (Å²) in [5.41, 5.74) is 2.26. The molecule has 1 aromatic carbocycles. The van der Waals surface area contributed by atoms with Crippen LogP contribution in [-0.4, -0.2) is 12.2 Å². The van der Waals surface area contributed by atoms with E-state index in [1.165, 1.54) is 0 Å². The summed E-state index contributed by atoms with van der Waals surface area (Å²) in [6, 6.07) is 7.99. The van der Waals surface area contributed by atoms with Crippen molar-refractivity contribution >= 4 is 11.7 Å². The molecule has 2 aliphatic heterocycles. The van der Waals surface area contributed by atoms with Gasteiger partial charge in [0.1, 0.15) is 6.17 Å². The molecule has 2 atom stereocenters. The molecule has 0 bridgehead atoms. The number of hydrogen-bond acceptors (Lipinski definition) is 2. The molecule has 2 unspecified atom stereocenters. The van der Waals surface area contributed by atoms with Crippen LogP contribution in [0.3, 0.4) is 0 Å². The van der Waals surface area contributed by atoms with Gasteiger partial charge in [0, 0.05) is 11.3 Å². The summed E-state index contributed by atoms with van der Waals surface area (Å²) >= 11 is 0. The second-order valence-electron chi connectivity index (χ2n) is 3.30. The quantitative estimate of drug-likeness (QED) is 0.546. The van der Waals surface area contributed by atoms with Crippen molar-refractivity contribution in [3.63, 3.8) is 0 Å². The highest BCUT2D eigenvalue weighted by molar-refractivity contribution is 5.81. The lowest BCUT2D eigenvalue weighted by molar-refractivity contribution is 0.247. The highest BCUT2D eigenvalue weighted by Gasteiger charge is 2.38. The average Bonchev–Trinajstić information content (AvgIpc) is 2.60. The summed E-state index contributed by atoms with van der Waals surface area (Å²) in [4.78, 5) is 11.0. The molecule has 0 radical (unpaired) electrons. The summed E-state index contributed by atoms with van der Waals surface area (Å²) in [7, 11) is 0. The van der Waals surface area contributed by atoms with Crippen LogP contribution in [0.25, 0.3) is 0 Å². The van der Waals surface area contributed by atoms with E-state index in [1.54, 1.807) is 0 Å². The smallest absolute Gasteiger partial charge is 0.317 e. The first-order chi connectivity index (χ1) is 6.34. The molecule has 0 aliphatic carbocycles. The Balaban J connectivity index is 2.06. The molecule has 2 heterocycles. The fourth-order valence-corrected chi connectivity index (χ4v) is 1.93. The van der Waals surface area contributed by atoms with E-state index in [0.717, 1.165) is 11.3 Å². The van der Waals surface area contributed by atoms with Crippen molar-refractivity contribution in [2.75, 3.05) is 5.32 Å². The van der Waals surface area contributed by atoms with Crippen LogP contribution < -0.4 is 16.0 Å². The maximum Gasteiger partial charge on any atom is 0.317 e. The Bertz CT molecular complexity index is 377. The molecule has 4 nitrogen and oxygen atoms in total. The number of urea groups is 1.